The lowest BCUT2D eigenvalue weighted by atomic mass is 10.1. The molecule has 178 valence electrons. The Kier molecular flexibility index (Phi) is 6.45. The summed E-state index contributed by atoms with van der Waals surface area (Å²) in [6, 6.07) is 18.5. The molecule has 1 amide bonds. The van der Waals surface area contributed by atoms with Gasteiger partial charge in [0.15, 0.2) is 0 Å². The third-order valence-electron chi connectivity index (χ3n) is 5.28. The maximum Gasteiger partial charge on any atom is 0.337 e. The van der Waals surface area contributed by atoms with E-state index in [1.807, 2.05) is 18.2 Å². The number of hydrazone groups is 1. The monoisotopic (exact) mass is 561 g/mol. The molecular weight excluding hydrogens is 546 g/mol. The van der Waals surface area contributed by atoms with Gasteiger partial charge in [-0.3, -0.25) is 9.59 Å². The minimum Gasteiger partial charge on any atom is -0.465 e. The average molecular weight is 562 g/mol. The minimum absolute atomic E-state index is 0.177. The molecule has 0 unspecified atom stereocenters. The van der Waals surface area contributed by atoms with Crippen LogP contribution in [0.2, 0.25) is 0 Å². The lowest BCUT2D eigenvalue weighted by Gasteiger charge is -2.14. The Hall–Kier alpha value is -4.15. The molecule has 0 aliphatic heterocycles. The lowest BCUT2D eigenvalue weighted by Crippen LogP contribution is -2.26. The number of carbonyl (C=O) groups excluding carboxylic acids is 2. The molecule has 0 bridgehead atoms. The normalized spacial score (nSPS) is 11.3. The van der Waals surface area contributed by atoms with Crippen LogP contribution in [0.25, 0.3) is 21.2 Å². The van der Waals surface area contributed by atoms with Crippen LogP contribution in [0.5, 0.6) is 0 Å². The number of aromatic nitrogens is 1. The van der Waals surface area contributed by atoms with Gasteiger partial charge in [-0.1, -0.05) is 39.4 Å². The smallest absolute Gasteiger partial charge is 0.337 e. The van der Waals surface area contributed by atoms with E-state index in [-0.39, 0.29) is 16.6 Å². The van der Waals surface area contributed by atoms with Crippen molar-refractivity contribution in [3.63, 3.8) is 0 Å². The molecule has 0 aliphatic rings. The van der Waals surface area contributed by atoms with E-state index in [0.717, 1.165) is 14.2 Å². The van der Waals surface area contributed by atoms with Gasteiger partial charge < -0.3 is 9.15 Å². The van der Waals surface area contributed by atoms with Crippen LogP contribution in [0.1, 0.15) is 26.3 Å². The second-order valence-electron chi connectivity index (χ2n) is 7.56. The number of rotatable bonds is 5. The standard InChI is InChI=1S/C26H16BrN3O5S/c1-34-25(33)16-8-6-15(7-9-16)24(32)30(26-29-20-11-10-18(27)12-22(20)36-26)28-13-17-14-35-21-5-3-2-4-19(21)23(17)31/h2-14H,1H3/b28-13+. The molecule has 2 aromatic heterocycles. The molecule has 0 atom stereocenters. The molecule has 0 radical (unpaired) electrons. The number of anilines is 1. The van der Waals surface area contributed by atoms with Crippen molar-refractivity contribution in [2.24, 2.45) is 5.10 Å². The van der Waals surface area contributed by atoms with Gasteiger partial charge in [0, 0.05) is 10.0 Å². The zero-order valence-corrected chi connectivity index (χ0v) is 21.1. The van der Waals surface area contributed by atoms with Crippen LogP contribution >= 0.6 is 27.3 Å². The predicted octanol–water partition coefficient (Wildman–Crippen LogP) is 5.63. The van der Waals surface area contributed by atoms with Crippen LogP contribution < -0.4 is 10.4 Å². The molecule has 3 aromatic carbocycles. The number of benzene rings is 3. The van der Waals surface area contributed by atoms with Gasteiger partial charge in [0.2, 0.25) is 10.6 Å². The maximum absolute atomic E-state index is 13.5. The van der Waals surface area contributed by atoms with E-state index in [1.54, 1.807) is 24.3 Å². The summed E-state index contributed by atoms with van der Waals surface area (Å²) in [5.41, 5.74) is 1.63. The maximum atomic E-state index is 13.5. The summed E-state index contributed by atoms with van der Waals surface area (Å²) in [5, 5.41) is 6.19. The van der Waals surface area contributed by atoms with E-state index >= 15 is 0 Å². The number of hydrogen-bond donors (Lipinski definition) is 0. The van der Waals surface area contributed by atoms with Crippen LogP contribution in [-0.2, 0) is 4.74 Å². The van der Waals surface area contributed by atoms with Crippen LogP contribution in [-0.4, -0.2) is 30.2 Å². The van der Waals surface area contributed by atoms with E-state index in [1.165, 1.54) is 55.2 Å². The van der Waals surface area contributed by atoms with Crippen molar-refractivity contribution in [2.45, 2.75) is 0 Å². The van der Waals surface area contributed by atoms with Gasteiger partial charge in [-0.25, -0.2) is 9.78 Å². The first kappa shape index (κ1) is 23.6. The van der Waals surface area contributed by atoms with Gasteiger partial charge >= 0.3 is 5.97 Å². The van der Waals surface area contributed by atoms with Crippen LogP contribution in [0.3, 0.4) is 0 Å². The van der Waals surface area contributed by atoms with Crippen molar-refractivity contribution in [3.05, 3.63) is 104 Å². The number of carbonyl (C=O) groups is 2. The Morgan fingerprint density at radius 1 is 1.08 bits per heavy atom. The first-order valence-corrected chi connectivity index (χ1v) is 12.2. The van der Waals surface area contributed by atoms with Crippen molar-refractivity contribution >= 4 is 71.7 Å². The average Bonchev–Trinajstić information content (AvgIpc) is 3.32. The molecule has 8 nitrogen and oxygen atoms in total. The molecule has 5 aromatic rings. The Bertz CT molecular complexity index is 1710. The second-order valence-corrected chi connectivity index (χ2v) is 9.48. The zero-order valence-electron chi connectivity index (χ0n) is 18.7. The summed E-state index contributed by atoms with van der Waals surface area (Å²) < 4.78 is 12.0. The van der Waals surface area contributed by atoms with E-state index in [9.17, 15) is 14.4 Å². The fourth-order valence-corrected chi connectivity index (χ4v) is 4.93. The molecule has 2 heterocycles. The summed E-state index contributed by atoms with van der Waals surface area (Å²) in [6.45, 7) is 0. The summed E-state index contributed by atoms with van der Waals surface area (Å²) in [4.78, 5) is 42.7. The first-order valence-electron chi connectivity index (χ1n) is 10.6. The highest BCUT2D eigenvalue weighted by atomic mass is 79.9. The first-order chi connectivity index (χ1) is 17.4. The molecule has 5 rings (SSSR count). The van der Waals surface area contributed by atoms with Crippen molar-refractivity contribution < 1.29 is 18.7 Å². The molecule has 0 saturated heterocycles. The number of halogens is 1. The highest BCUT2D eigenvalue weighted by molar-refractivity contribution is 9.10. The molecule has 0 spiro atoms. The number of methoxy groups -OCH3 is 1. The molecule has 0 saturated carbocycles. The Labute approximate surface area is 216 Å². The zero-order chi connectivity index (χ0) is 25.2. The van der Waals surface area contributed by atoms with Gasteiger partial charge in [-0.2, -0.15) is 10.1 Å². The van der Waals surface area contributed by atoms with Crippen LogP contribution in [0, 0.1) is 0 Å². The van der Waals surface area contributed by atoms with Crippen molar-refractivity contribution in [1.82, 2.24) is 4.98 Å². The number of esters is 1. The third-order valence-corrected chi connectivity index (χ3v) is 6.77. The number of hydrogen-bond acceptors (Lipinski definition) is 8. The van der Waals surface area contributed by atoms with Crippen LogP contribution in [0.15, 0.2) is 91.8 Å². The van der Waals surface area contributed by atoms with Gasteiger partial charge in [0.05, 0.1) is 40.1 Å². The van der Waals surface area contributed by atoms with E-state index in [2.05, 4.69) is 26.0 Å². The van der Waals surface area contributed by atoms with Crippen molar-refractivity contribution in [2.75, 3.05) is 12.1 Å². The Balaban J connectivity index is 1.57. The van der Waals surface area contributed by atoms with E-state index in [4.69, 9.17) is 9.15 Å². The summed E-state index contributed by atoms with van der Waals surface area (Å²) in [6.07, 6.45) is 2.58. The SMILES string of the molecule is COC(=O)c1ccc(C(=O)N(/N=C/c2coc3ccccc3c2=O)c2nc3ccc(Br)cc3s2)cc1. The van der Waals surface area contributed by atoms with Gasteiger partial charge in [-0.05, 0) is 54.6 Å². The van der Waals surface area contributed by atoms with Gasteiger partial charge in [0.1, 0.15) is 11.8 Å². The quantitative estimate of drug-likeness (QED) is 0.156. The molecule has 0 fully saturated rings. The second kappa shape index (κ2) is 9.84. The summed E-state index contributed by atoms with van der Waals surface area (Å²) in [7, 11) is 1.28. The largest absolute Gasteiger partial charge is 0.465 e. The number of ether oxygens (including phenoxy) is 1. The highest BCUT2D eigenvalue weighted by Gasteiger charge is 2.22. The number of amides is 1. The molecule has 0 aliphatic carbocycles. The number of nitrogens with zero attached hydrogens (tertiary/aromatic N) is 3. The van der Waals surface area contributed by atoms with Gasteiger partial charge in [-0.15, -0.1) is 0 Å². The highest BCUT2D eigenvalue weighted by Crippen LogP contribution is 2.32. The number of fused-ring (bicyclic) bond motifs is 2. The third kappa shape index (κ3) is 4.56. The van der Waals surface area contributed by atoms with E-state index in [0.29, 0.717) is 27.2 Å². The van der Waals surface area contributed by atoms with E-state index < -0.39 is 11.9 Å². The predicted molar refractivity (Wildman–Crippen MR) is 142 cm³/mol. The Morgan fingerprint density at radius 2 is 1.83 bits per heavy atom. The topological polar surface area (TPSA) is 102 Å². The fraction of sp³-hybridized carbons (Fsp3) is 0.0385. The number of thiazole rings is 1. The molecule has 0 N–H and O–H groups in total. The summed E-state index contributed by atoms with van der Waals surface area (Å²) >= 11 is 4.71. The van der Waals surface area contributed by atoms with Crippen molar-refractivity contribution in [1.29, 1.82) is 0 Å². The van der Waals surface area contributed by atoms with Crippen LogP contribution in [0.4, 0.5) is 5.13 Å². The minimum atomic E-state index is -0.511. The molecule has 36 heavy (non-hydrogen) atoms. The van der Waals surface area contributed by atoms with Gasteiger partial charge in [0.25, 0.3) is 5.91 Å². The fourth-order valence-electron chi connectivity index (χ4n) is 3.46. The molecular formula is C26H16BrN3O5S. The molecule has 10 heteroatoms. The van der Waals surface area contributed by atoms with Crippen molar-refractivity contribution in [3.8, 4) is 0 Å². The Morgan fingerprint density at radius 3 is 2.61 bits per heavy atom. The summed E-state index contributed by atoms with van der Waals surface area (Å²) in [5.74, 6) is -1.00. The lowest BCUT2D eigenvalue weighted by molar-refractivity contribution is 0.0600. The number of para-hydroxylation sites is 1.